The van der Waals surface area contributed by atoms with E-state index in [1.807, 2.05) is 18.2 Å². The first-order valence-corrected chi connectivity index (χ1v) is 6.21. The highest BCUT2D eigenvalue weighted by Crippen LogP contribution is 2.29. The molecule has 0 saturated heterocycles. The predicted molar refractivity (Wildman–Crippen MR) is 65.8 cm³/mol. The molecule has 0 amide bonds. The van der Waals surface area contributed by atoms with Crippen LogP contribution in [0, 0.1) is 0 Å². The smallest absolute Gasteiger partial charge is 0.161 e. The van der Waals surface area contributed by atoms with Crippen molar-refractivity contribution in [1.82, 2.24) is 0 Å². The average molecular weight is 248 g/mol. The lowest BCUT2D eigenvalue weighted by atomic mass is 10.3. The van der Waals surface area contributed by atoms with E-state index in [2.05, 4.69) is 0 Å². The lowest BCUT2D eigenvalue weighted by Gasteiger charge is -2.06. The van der Waals surface area contributed by atoms with Crippen molar-refractivity contribution in [2.24, 2.45) is 0 Å². The Morgan fingerprint density at radius 1 is 1.06 bits per heavy atom. The molecule has 88 valence electrons. The lowest BCUT2D eigenvalue weighted by Crippen LogP contribution is -1.93. The van der Waals surface area contributed by atoms with Gasteiger partial charge in [0.15, 0.2) is 11.5 Å². The van der Waals surface area contributed by atoms with Crippen molar-refractivity contribution in [3.63, 3.8) is 0 Å². The van der Waals surface area contributed by atoms with Crippen molar-refractivity contribution in [1.29, 1.82) is 0 Å². The number of rotatable bonds is 3. The summed E-state index contributed by atoms with van der Waals surface area (Å²) < 4.78 is 17.2. The second-order valence-corrected chi connectivity index (χ2v) is 4.90. The monoisotopic (exact) mass is 248 g/mol. The molecule has 3 nitrogen and oxygen atoms in total. The van der Waals surface area contributed by atoms with Crippen molar-refractivity contribution >= 4 is 10.8 Å². The van der Waals surface area contributed by atoms with E-state index in [0.717, 1.165) is 4.90 Å². The highest BCUT2D eigenvalue weighted by Gasteiger charge is 2.09. The summed E-state index contributed by atoms with van der Waals surface area (Å²) >= 11 is 0. The molecule has 1 atom stereocenters. The van der Waals surface area contributed by atoms with E-state index in [0.29, 0.717) is 10.6 Å². The maximum Gasteiger partial charge on any atom is 0.161 e. The zero-order chi connectivity index (χ0) is 12.3. The number of hydrogen-bond donors (Lipinski definition) is 1. The molecule has 0 aromatic heterocycles. The summed E-state index contributed by atoms with van der Waals surface area (Å²) in [4.78, 5) is 1.33. The Bertz CT molecular complexity index is 538. The van der Waals surface area contributed by atoms with Gasteiger partial charge in [0, 0.05) is 15.9 Å². The van der Waals surface area contributed by atoms with Crippen LogP contribution in [-0.2, 0) is 10.8 Å². The summed E-state index contributed by atoms with van der Waals surface area (Å²) in [6, 6.07) is 13.8. The molecule has 0 saturated carbocycles. The van der Waals surface area contributed by atoms with Crippen molar-refractivity contribution in [3.05, 3.63) is 48.5 Å². The molecule has 0 radical (unpaired) electrons. The number of aromatic hydroxyl groups is 1. The van der Waals surface area contributed by atoms with Gasteiger partial charge in [0.05, 0.1) is 17.9 Å². The van der Waals surface area contributed by atoms with Crippen molar-refractivity contribution in [3.8, 4) is 11.5 Å². The molecule has 1 N–H and O–H groups in total. The van der Waals surface area contributed by atoms with Crippen LogP contribution in [0.4, 0.5) is 0 Å². The second kappa shape index (κ2) is 5.01. The van der Waals surface area contributed by atoms with Crippen LogP contribution in [0.1, 0.15) is 0 Å². The van der Waals surface area contributed by atoms with Crippen molar-refractivity contribution in [2.45, 2.75) is 9.79 Å². The number of benzene rings is 2. The van der Waals surface area contributed by atoms with E-state index in [9.17, 15) is 9.32 Å². The Morgan fingerprint density at radius 3 is 2.41 bits per heavy atom. The maximum atomic E-state index is 12.2. The Morgan fingerprint density at radius 2 is 1.76 bits per heavy atom. The molecule has 4 heteroatoms. The van der Waals surface area contributed by atoms with Crippen LogP contribution in [0.15, 0.2) is 58.3 Å². The molecule has 1 unspecified atom stereocenters. The van der Waals surface area contributed by atoms with Crippen LogP contribution < -0.4 is 4.74 Å². The minimum Gasteiger partial charge on any atom is -0.504 e. The van der Waals surface area contributed by atoms with Gasteiger partial charge in [-0.25, -0.2) is 4.21 Å². The van der Waals surface area contributed by atoms with Gasteiger partial charge < -0.3 is 9.84 Å². The number of ether oxygens (including phenoxy) is 1. The summed E-state index contributed by atoms with van der Waals surface area (Å²) in [6.07, 6.45) is 0. The largest absolute Gasteiger partial charge is 0.504 e. The van der Waals surface area contributed by atoms with Gasteiger partial charge in [-0.2, -0.15) is 0 Å². The lowest BCUT2D eigenvalue weighted by molar-refractivity contribution is 0.372. The number of methoxy groups -OCH3 is 1. The fraction of sp³-hybridized carbons (Fsp3) is 0.0769. The molecule has 2 aromatic carbocycles. The third-order valence-electron chi connectivity index (χ3n) is 2.32. The van der Waals surface area contributed by atoms with Gasteiger partial charge >= 0.3 is 0 Å². The quantitative estimate of drug-likeness (QED) is 0.908. The molecule has 0 heterocycles. The average Bonchev–Trinajstić information content (AvgIpc) is 2.39. The first-order chi connectivity index (χ1) is 8.22. The first kappa shape index (κ1) is 11.7. The standard InChI is InChI=1S/C13H12O3S/c1-16-13-9-11(7-8-12(13)14)17(15)10-5-3-2-4-6-10/h2-9,14H,1H3. The maximum absolute atomic E-state index is 12.2. The molecular weight excluding hydrogens is 236 g/mol. The van der Waals surface area contributed by atoms with Crippen LogP contribution in [0.2, 0.25) is 0 Å². The molecule has 0 aliphatic heterocycles. The topological polar surface area (TPSA) is 46.5 Å². The summed E-state index contributed by atoms with van der Waals surface area (Å²) in [7, 11) is 0.205. The minimum atomic E-state index is -1.26. The van der Waals surface area contributed by atoms with Gasteiger partial charge in [0.1, 0.15) is 0 Å². The van der Waals surface area contributed by atoms with Gasteiger partial charge in [0.25, 0.3) is 0 Å². The van der Waals surface area contributed by atoms with Crippen LogP contribution in [0.25, 0.3) is 0 Å². The molecule has 0 aliphatic rings. The normalized spacial score (nSPS) is 12.1. The summed E-state index contributed by atoms with van der Waals surface area (Å²) in [6.45, 7) is 0. The highest BCUT2D eigenvalue weighted by molar-refractivity contribution is 7.85. The molecule has 0 spiro atoms. The van der Waals surface area contributed by atoms with Crippen LogP contribution in [0.5, 0.6) is 11.5 Å². The number of hydrogen-bond acceptors (Lipinski definition) is 3. The molecular formula is C13H12O3S. The van der Waals surface area contributed by atoms with E-state index >= 15 is 0 Å². The Kier molecular flexibility index (Phi) is 3.44. The fourth-order valence-corrected chi connectivity index (χ4v) is 2.54. The first-order valence-electron chi connectivity index (χ1n) is 5.06. The second-order valence-electron chi connectivity index (χ2n) is 3.42. The van der Waals surface area contributed by atoms with Crippen molar-refractivity contribution < 1.29 is 14.1 Å². The number of phenolic OH excluding ortho intramolecular Hbond substituents is 1. The van der Waals surface area contributed by atoms with Gasteiger partial charge in [-0.1, -0.05) is 18.2 Å². The Balaban J connectivity index is 2.38. The summed E-state index contributed by atoms with van der Waals surface area (Å²) in [5, 5.41) is 9.46. The summed E-state index contributed by atoms with van der Waals surface area (Å²) in [5.41, 5.74) is 0. The van der Waals surface area contributed by atoms with E-state index in [1.54, 1.807) is 24.3 Å². The predicted octanol–water partition coefficient (Wildman–Crippen LogP) is 2.57. The summed E-state index contributed by atoms with van der Waals surface area (Å²) in [5.74, 6) is 0.369. The zero-order valence-corrected chi connectivity index (χ0v) is 10.1. The zero-order valence-electron chi connectivity index (χ0n) is 9.29. The highest BCUT2D eigenvalue weighted by atomic mass is 32.2. The van der Waals surface area contributed by atoms with E-state index in [4.69, 9.17) is 4.74 Å². The molecule has 0 bridgehead atoms. The van der Waals surface area contributed by atoms with Crippen LogP contribution in [-0.4, -0.2) is 16.4 Å². The van der Waals surface area contributed by atoms with Gasteiger partial charge in [-0.05, 0) is 24.3 Å². The minimum absolute atomic E-state index is 0.0429. The SMILES string of the molecule is COc1cc(S(=O)c2ccccc2)ccc1O. The Hall–Kier alpha value is -1.81. The number of phenols is 1. The van der Waals surface area contributed by atoms with Crippen LogP contribution in [0.3, 0.4) is 0 Å². The van der Waals surface area contributed by atoms with E-state index in [1.165, 1.54) is 13.2 Å². The molecule has 2 rings (SSSR count). The van der Waals surface area contributed by atoms with Gasteiger partial charge in [0.2, 0.25) is 0 Å². The van der Waals surface area contributed by atoms with Crippen LogP contribution >= 0.6 is 0 Å². The molecule has 0 fully saturated rings. The third kappa shape index (κ3) is 2.47. The van der Waals surface area contributed by atoms with E-state index < -0.39 is 10.8 Å². The van der Waals surface area contributed by atoms with Crippen molar-refractivity contribution in [2.75, 3.05) is 7.11 Å². The fourth-order valence-electron chi connectivity index (χ4n) is 1.45. The molecule has 17 heavy (non-hydrogen) atoms. The Labute approximate surface area is 102 Å². The van der Waals surface area contributed by atoms with E-state index in [-0.39, 0.29) is 5.75 Å². The molecule has 0 aliphatic carbocycles. The van der Waals surface area contributed by atoms with Gasteiger partial charge in [-0.3, -0.25) is 0 Å². The third-order valence-corrected chi connectivity index (χ3v) is 3.70. The van der Waals surface area contributed by atoms with Gasteiger partial charge in [-0.15, -0.1) is 0 Å². The molecule has 2 aromatic rings.